The summed E-state index contributed by atoms with van der Waals surface area (Å²) in [6, 6.07) is 6.11. The Morgan fingerprint density at radius 1 is 1.41 bits per heavy atom. The Morgan fingerprint density at radius 3 is 3.12 bits per heavy atom. The van der Waals surface area contributed by atoms with Crippen molar-refractivity contribution in [3.8, 4) is 0 Å². The Morgan fingerprint density at radius 2 is 2.29 bits per heavy atom. The summed E-state index contributed by atoms with van der Waals surface area (Å²) in [7, 11) is 0. The molecular formula is C13H13N3S. The minimum absolute atomic E-state index is 0.632. The summed E-state index contributed by atoms with van der Waals surface area (Å²) in [5, 5.41) is 1.78. The van der Waals surface area contributed by atoms with Gasteiger partial charge in [-0.3, -0.25) is 4.98 Å². The van der Waals surface area contributed by atoms with Gasteiger partial charge in [-0.1, -0.05) is 30.7 Å². The van der Waals surface area contributed by atoms with Crippen molar-refractivity contribution >= 4 is 37.6 Å². The molecule has 17 heavy (non-hydrogen) atoms. The summed E-state index contributed by atoms with van der Waals surface area (Å²) in [5.41, 5.74) is 9.18. The number of fused-ring (bicyclic) bond motifs is 2. The number of hydrogen-bond acceptors (Lipinski definition) is 4. The topological polar surface area (TPSA) is 51.8 Å². The SMILES string of the molecule is CCCc1c2ncccc2cc2nc(N)sc12. The smallest absolute Gasteiger partial charge is 0.181 e. The van der Waals surface area contributed by atoms with Gasteiger partial charge >= 0.3 is 0 Å². The maximum Gasteiger partial charge on any atom is 0.181 e. The van der Waals surface area contributed by atoms with E-state index in [-0.39, 0.29) is 0 Å². The van der Waals surface area contributed by atoms with Crippen molar-refractivity contribution in [1.82, 2.24) is 9.97 Å². The van der Waals surface area contributed by atoms with E-state index in [1.165, 1.54) is 10.3 Å². The molecule has 0 fully saturated rings. The molecule has 0 unspecified atom stereocenters. The molecule has 0 aliphatic carbocycles. The first-order chi connectivity index (χ1) is 8.29. The predicted octanol–water partition coefficient (Wildman–Crippen LogP) is 3.38. The molecule has 2 aromatic heterocycles. The highest BCUT2D eigenvalue weighted by molar-refractivity contribution is 7.22. The van der Waals surface area contributed by atoms with Crippen LogP contribution in [0.4, 0.5) is 5.13 Å². The van der Waals surface area contributed by atoms with Crippen molar-refractivity contribution in [3.05, 3.63) is 30.0 Å². The molecule has 0 aliphatic rings. The van der Waals surface area contributed by atoms with Crippen LogP contribution >= 0.6 is 11.3 Å². The summed E-state index contributed by atoms with van der Waals surface area (Å²) in [5.74, 6) is 0. The zero-order valence-electron chi connectivity index (χ0n) is 9.60. The lowest BCUT2D eigenvalue weighted by Gasteiger charge is -2.05. The standard InChI is InChI=1S/C13H13N3S/c1-2-4-9-11-8(5-3-6-15-11)7-10-12(9)17-13(14)16-10/h3,5-7H,2,4H2,1H3,(H2,14,16). The monoisotopic (exact) mass is 243 g/mol. The molecular weight excluding hydrogens is 230 g/mol. The number of benzene rings is 1. The van der Waals surface area contributed by atoms with Crippen LogP contribution in [0.1, 0.15) is 18.9 Å². The zero-order valence-corrected chi connectivity index (χ0v) is 10.4. The Bertz CT molecular complexity index is 688. The molecule has 1 aromatic carbocycles. The third-order valence-electron chi connectivity index (χ3n) is 2.86. The molecule has 0 aliphatic heterocycles. The molecule has 86 valence electrons. The number of nitrogen functional groups attached to an aromatic ring is 1. The fourth-order valence-electron chi connectivity index (χ4n) is 2.19. The van der Waals surface area contributed by atoms with Crippen LogP contribution in [0.15, 0.2) is 24.4 Å². The summed E-state index contributed by atoms with van der Waals surface area (Å²) >= 11 is 1.56. The van der Waals surface area contributed by atoms with Gasteiger partial charge in [0.2, 0.25) is 0 Å². The van der Waals surface area contributed by atoms with Crippen molar-refractivity contribution < 1.29 is 0 Å². The van der Waals surface area contributed by atoms with Gasteiger partial charge in [-0.15, -0.1) is 0 Å². The van der Waals surface area contributed by atoms with Gasteiger partial charge in [0.05, 0.1) is 15.7 Å². The second kappa shape index (κ2) is 3.96. The van der Waals surface area contributed by atoms with Crippen LogP contribution in [0.5, 0.6) is 0 Å². The van der Waals surface area contributed by atoms with E-state index in [0.29, 0.717) is 5.13 Å². The number of pyridine rings is 1. The van der Waals surface area contributed by atoms with Crippen LogP contribution in [-0.4, -0.2) is 9.97 Å². The minimum atomic E-state index is 0.632. The third kappa shape index (κ3) is 1.65. The van der Waals surface area contributed by atoms with E-state index in [1.807, 2.05) is 12.3 Å². The van der Waals surface area contributed by atoms with Gasteiger partial charge in [0, 0.05) is 11.6 Å². The van der Waals surface area contributed by atoms with Crippen LogP contribution in [0.3, 0.4) is 0 Å². The number of thiazole rings is 1. The molecule has 0 radical (unpaired) electrons. The molecule has 4 heteroatoms. The number of rotatable bonds is 2. The highest BCUT2D eigenvalue weighted by Crippen LogP contribution is 2.33. The van der Waals surface area contributed by atoms with Crippen LogP contribution in [-0.2, 0) is 6.42 Å². The number of nitrogens with two attached hydrogens (primary N) is 1. The average Bonchev–Trinajstić information content (AvgIpc) is 2.69. The molecule has 3 nitrogen and oxygen atoms in total. The van der Waals surface area contributed by atoms with E-state index >= 15 is 0 Å². The second-order valence-electron chi connectivity index (χ2n) is 4.08. The first-order valence-electron chi connectivity index (χ1n) is 5.72. The largest absolute Gasteiger partial charge is 0.375 e. The maximum atomic E-state index is 5.81. The fourth-order valence-corrected chi connectivity index (χ4v) is 3.07. The van der Waals surface area contributed by atoms with Crippen molar-refractivity contribution in [2.75, 3.05) is 5.73 Å². The van der Waals surface area contributed by atoms with E-state index in [2.05, 4.69) is 29.0 Å². The van der Waals surface area contributed by atoms with Gasteiger partial charge in [-0.25, -0.2) is 4.98 Å². The molecule has 0 atom stereocenters. The van der Waals surface area contributed by atoms with Crippen LogP contribution in [0, 0.1) is 0 Å². The van der Waals surface area contributed by atoms with Crippen LogP contribution in [0.2, 0.25) is 0 Å². The summed E-state index contributed by atoms with van der Waals surface area (Å²) in [6.07, 6.45) is 3.97. The Kier molecular flexibility index (Phi) is 2.44. The summed E-state index contributed by atoms with van der Waals surface area (Å²) in [4.78, 5) is 8.87. The Hall–Kier alpha value is -1.68. The van der Waals surface area contributed by atoms with Gasteiger partial charge in [0.15, 0.2) is 5.13 Å². The molecule has 0 saturated heterocycles. The molecule has 0 spiro atoms. The third-order valence-corrected chi connectivity index (χ3v) is 3.82. The lowest BCUT2D eigenvalue weighted by atomic mass is 10.0. The van der Waals surface area contributed by atoms with Crippen molar-refractivity contribution in [2.45, 2.75) is 19.8 Å². The predicted molar refractivity (Wildman–Crippen MR) is 73.3 cm³/mol. The normalized spacial score (nSPS) is 11.4. The number of aryl methyl sites for hydroxylation is 1. The number of anilines is 1. The first-order valence-corrected chi connectivity index (χ1v) is 6.54. The molecule has 2 heterocycles. The van der Waals surface area contributed by atoms with Crippen molar-refractivity contribution in [1.29, 1.82) is 0 Å². The fraction of sp³-hybridized carbons (Fsp3) is 0.231. The van der Waals surface area contributed by atoms with Crippen molar-refractivity contribution in [2.24, 2.45) is 0 Å². The molecule has 2 N–H and O–H groups in total. The van der Waals surface area contributed by atoms with Gasteiger partial charge in [-0.2, -0.15) is 0 Å². The van der Waals surface area contributed by atoms with E-state index < -0.39 is 0 Å². The molecule has 0 saturated carbocycles. The van der Waals surface area contributed by atoms with E-state index in [9.17, 15) is 0 Å². The number of hydrogen-bond donors (Lipinski definition) is 1. The molecule has 3 rings (SSSR count). The first kappa shape index (κ1) is 10.5. The number of nitrogens with zero attached hydrogens (tertiary/aromatic N) is 2. The van der Waals surface area contributed by atoms with Crippen molar-refractivity contribution in [3.63, 3.8) is 0 Å². The summed E-state index contributed by atoms with van der Waals surface area (Å²) < 4.78 is 1.19. The average molecular weight is 243 g/mol. The highest BCUT2D eigenvalue weighted by atomic mass is 32.1. The molecule has 0 bridgehead atoms. The zero-order chi connectivity index (χ0) is 11.8. The van der Waals surface area contributed by atoms with E-state index in [0.717, 1.165) is 29.3 Å². The molecule has 3 aromatic rings. The number of aromatic nitrogens is 2. The van der Waals surface area contributed by atoms with Gasteiger partial charge in [-0.05, 0) is 24.1 Å². The Balaban J connectivity index is 2.46. The second-order valence-corrected chi connectivity index (χ2v) is 5.11. The van der Waals surface area contributed by atoms with Crippen LogP contribution < -0.4 is 5.73 Å². The maximum absolute atomic E-state index is 5.81. The summed E-state index contributed by atoms with van der Waals surface area (Å²) in [6.45, 7) is 2.18. The Labute approximate surface area is 103 Å². The minimum Gasteiger partial charge on any atom is -0.375 e. The van der Waals surface area contributed by atoms with Gasteiger partial charge in [0.1, 0.15) is 0 Å². The van der Waals surface area contributed by atoms with Crippen LogP contribution in [0.25, 0.3) is 21.1 Å². The van der Waals surface area contributed by atoms with E-state index in [1.54, 1.807) is 11.3 Å². The lowest BCUT2D eigenvalue weighted by Crippen LogP contribution is -1.89. The van der Waals surface area contributed by atoms with E-state index in [4.69, 9.17) is 5.73 Å². The molecule has 0 amide bonds. The lowest BCUT2D eigenvalue weighted by molar-refractivity contribution is 0.935. The van der Waals surface area contributed by atoms with Gasteiger partial charge in [0.25, 0.3) is 0 Å². The highest BCUT2D eigenvalue weighted by Gasteiger charge is 2.11. The van der Waals surface area contributed by atoms with Gasteiger partial charge < -0.3 is 5.73 Å². The quantitative estimate of drug-likeness (QED) is 0.750.